The van der Waals surface area contributed by atoms with Gasteiger partial charge in [-0.3, -0.25) is 0 Å². The average molecular weight is 245 g/mol. The van der Waals surface area contributed by atoms with Crippen LogP contribution in [-0.4, -0.2) is 11.5 Å². The predicted octanol–water partition coefficient (Wildman–Crippen LogP) is 2.68. The Bertz CT molecular complexity index is 521. The van der Waals surface area contributed by atoms with Crippen LogP contribution in [0.15, 0.2) is 30.5 Å². The fourth-order valence-electron chi connectivity index (χ4n) is 2.29. The van der Waals surface area contributed by atoms with Gasteiger partial charge in [-0.05, 0) is 24.0 Å². The first kappa shape index (κ1) is 10.6. The van der Waals surface area contributed by atoms with Crippen LogP contribution in [0.2, 0.25) is 0 Å². The highest BCUT2D eigenvalue weighted by molar-refractivity contribution is 7.19. The number of rotatable bonds is 1. The van der Waals surface area contributed by atoms with Crippen LogP contribution >= 0.6 is 11.3 Å². The quantitative estimate of drug-likeness (QED) is 0.840. The molecule has 0 unspecified atom stereocenters. The summed E-state index contributed by atoms with van der Waals surface area (Å²) in [7, 11) is 0. The highest BCUT2D eigenvalue weighted by Gasteiger charge is 2.16. The third-order valence-electron chi connectivity index (χ3n) is 3.14. The second-order valence-corrected chi connectivity index (χ2v) is 5.38. The molecule has 3 nitrogen and oxygen atoms in total. The lowest BCUT2D eigenvalue weighted by atomic mass is 10.0. The minimum Gasteiger partial charge on any atom is -0.389 e. The molecular weight excluding hydrogens is 230 g/mol. The second-order valence-electron chi connectivity index (χ2n) is 4.34. The SMILES string of the molecule is Nc1cnc(N2CCCc3ccccc3C2)s1. The molecule has 4 heteroatoms. The summed E-state index contributed by atoms with van der Waals surface area (Å²) < 4.78 is 0. The van der Waals surface area contributed by atoms with Crippen molar-refractivity contribution in [1.82, 2.24) is 4.98 Å². The highest BCUT2D eigenvalue weighted by atomic mass is 32.1. The maximum absolute atomic E-state index is 5.75. The van der Waals surface area contributed by atoms with E-state index in [-0.39, 0.29) is 0 Å². The Morgan fingerprint density at radius 1 is 1.24 bits per heavy atom. The molecule has 0 saturated heterocycles. The number of nitrogen functional groups attached to an aromatic ring is 1. The number of hydrogen-bond donors (Lipinski definition) is 1. The van der Waals surface area contributed by atoms with Crippen molar-refractivity contribution in [3.8, 4) is 0 Å². The molecule has 0 aliphatic carbocycles. The zero-order chi connectivity index (χ0) is 11.7. The Hall–Kier alpha value is -1.55. The molecule has 0 atom stereocenters. The van der Waals surface area contributed by atoms with Crippen molar-refractivity contribution in [2.24, 2.45) is 0 Å². The molecule has 2 N–H and O–H groups in total. The molecule has 1 aromatic carbocycles. The summed E-state index contributed by atoms with van der Waals surface area (Å²) in [6.45, 7) is 2.00. The molecule has 0 saturated carbocycles. The smallest absolute Gasteiger partial charge is 0.187 e. The minimum atomic E-state index is 0.789. The number of aromatic nitrogens is 1. The van der Waals surface area contributed by atoms with E-state index in [0.29, 0.717) is 0 Å². The number of hydrogen-bond acceptors (Lipinski definition) is 4. The molecule has 0 spiro atoms. The van der Waals surface area contributed by atoms with E-state index in [0.717, 1.165) is 29.6 Å². The molecule has 1 aliphatic rings. The van der Waals surface area contributed by atoms with E-state index >= 15 is 0 Å². The van der Waals surface area contributed by atoms with Gasteiger partial charge in [0.1, 0.15) is 5.00 Å². The minimum absolute atomic E-state index is 0.789. The van der Waals surface area contributed by atoms with Crippen LogP contribution in [0.5, 0.6) is 0 Å². The molecule has 1 aromatic heterocycles. The fourth-order valence-corrected chi connectivity index (χ4v) is 2.99. The van der Waals surface area contributed by atoms with Crippen LogP contribution in [0, 0.1) is 0 Å². The Morgan fingerprint density at radius 3 is 2.82 bits per heavy atom. The molecule has 2 aromatic rings. The van der Waals surface area contributed by atoms with E-state index < -0.39 is 0 Å². The highest BCUT2D eigenvalue weighted by Crippen LogP contribution is 2.28. The number of nitrogens with zero attached hydrogens (tertiary/aromatic N) is 2. The van der Waals surface area contributed by atoms with E-state index in [4.69, 9.17) is 5.73 Å². The van der Waals surface area contributed by atoms with Crippen LogP contribution in [0.4, 0.5) is 10.1 Å². The van der Waals surface area contributed by atoms with E-state index in [1.165, 1.54) is 17.5 Å². The number of anilines is 2. The topological polar surface area (TPSA) is 42.1 Å². The van der Waals surface area contributed by atoms with Gasteiger partial charge in [0, 0.05) is 13.1 Å². The van der Waals surface area contributed by atoms with Gasteiger partial charge in [-0.1, -0.05) is 35.6 Å². The van der Waals surface area contributed by atoms with Crippen molar-refractivity contribution in [2.45, 2.75) is 19.4 Å². The monoisotopic (exact) mass is 245 g/mol. The summed E-state index contributed by atoms with van der Waals surface area (Å²) >= 11 is 1.57. The van der Waals surface area contributed by atoms with Crippen molar-refractivity contribution in [3.63, 3.8) is 0 Å². The third kappa shape index (κ3) is 2.13. The summed E-state index contributed by atoms with van der Waals surface area (Å²) in [4.78, 5) is 6.70. The standard InChI is InChI=1S/C13H15N3S/c14-12-8-15-13(17-12)16-7-3-6-10-4-1-2-5-11(10)9-16/h1-2,4-5,8H,3,6-7,9,14H2. The van der Waals surface area contributed by atoms with Crippen molar-refractivity contribution < 1.29 is 0 Å². The zero-order valence-corrected chi connectivity index (χ0v) is 10.4. The summed E-state index contributed by atoms with van der Waals surface area (Å²) in [5, 5.41) is 1.83. The first-order valence-corrected chi connectivity index (χ1v) is 6.67. The maximum Gasteiger partial charge on any atom is 0.187 e. The van der Waals surface area contributed by atoms with Gasteiger partial charge in [0.2, 0.25) is 0 Å². The summed E-state index contributed by atoms with van der Waals surface area (Å²) in [5.74, 6) is 0. The Kier molecular flexibility index (Phi) is 2.73. The first-order chi connectivity index (χ1) is 8.33. The largest absolute Gasteiger partial charge is 0.389 e. The van der Waals surface area contributed by atoms with Crippen molar-refractivity contribution >= 4 is 21.5 Å². The fraction of sp³-hybridized carbons (Fsp3) is 0.308. The number of nitrogens with two attached hydrogens (primary N) is 1. The molecule has 0 bridgehead atoms. The van der Waals surface area contributed by atoms with Gasteiger partial charge in [0.15, 0.2) is 5.13 Å². The molecule has 3 rings (SSSR count). The molecule has 0 fully saturated rings. The Labute approximate surface area is 105 Å². The zero-order valence-electron chi connectivity index (χ0n) is 9.60. The van der Waals surface area contributed by atoms with E-state index in [2.05, 4.69) is 34.1 Å². The normalized spacial score (nSPS) is 15.4. The number of thiazole rings is 1. The van der Waals surface area contributed by atoms with Crippen LogP contribution in [0.1, 0.15) is 17.5 Å². The molecule has 1 aliphatic heterocycles. The number of benzene rings is 1. The Balaban J connectivity index is 1.90. The lowest BCUT2D eigenvalue weighted by Crippen LogP contribution is -2.22. The molecular formula is C13H15N3S. The van der Waals surface area contributed by atoms with Crippen molar-refractivity contribution in [3.05, 3.63) is 41.6 Å². The van der Waals surface area contributed by atoms with Gasteiger partial charge in [0.05, 0.1) is 6.20 Å². The van der Waals surface area contributed by atoms with E-state index in [1.54, 1.807) is 17.5 Å². The van der Waals surface area contributed by atoms with Crippen LogP contribution < -0.4 is 10.6 Å². The predicted molar refractivity (Wildman–Crippen MR) is 72.3 cm³/mol. The summed E-state index contributed by atoms with van der Waals surface area (Å²) in [6.07, 6.45) is 4.08. The summed E-state index contributed by atoms with van der Waals surface area (Å²) in [5.41, 5.74) is 8.64. The van der Waals surface area contributed by atoms with Crippen LogP contribution in [0.3, 0.4) is 0 Å². The molecule has 17 heavy (non-hydrogen) atoms. The molecule has 0 amide bonds. The Morgan fingerprint density at radius 2 is 2.06 bits per heavy atom. The average Bonchev–Trinajstić information content (AvgIpc) is 2.65. The van der Waals surface area contributed by atoms with Gasteiger partial charge in [0.25, 0.3) is 0 Å². The van der Waals surface area contributed by atoms with Gasteiger partial charge < -0.3 is 10.6 Å². The van der Waals surface area contributed by atoms with Crippen LogP contribution in [-0.2, 0) is 13.0 Å². The number of aryl methyl sites for hydroxylation is 1. The summed E-state index contributed by atoms with van der Waals surface area (Å²) in [6, 6.07) is 8.67. The van der Waals surface area contributed by atoms with Gasteiger partial charge >= 0.3 is 0 Å². The van der Waals surface area contributed by atoms with E-state index in [9.17, 15) is 0 Å². The lowest BCUT2D eigenvalue weighted by Gasteiger charge is -2.19. The first-order valence-electron chi connectivity index (χ1n) is 5.86. The maximum atomic E-state index is 5.75. The lowest BCUT2D eigenvalue weighted by molar-refractivity contribution is 0.763. The third-order valence-corrected chi connectivity index (χ3v) is 4.02. The van der Waals surface area contributed by atoms with Crippen molar-refractivity contribution in [2.75, 3.05) is 17.2 Å². The van der Waals surface area contributed by atoms with Crippen molar-refractivity contribution in [1.29, 1.82) is 0 Å². The van der Waals surface area contributed by atoms with Crippen LogP contribution in [0.25, 0.3) is 0 Å². The van der Waals surface area contributed by atoms with Gasteiger partial charge in [-0.2, -0.15) is 0 Å². The molecule has 0 radical (unpaired) electrons. The second kappa shape index (κ2) is 4.37. The number of fused-ring (bicyclic) bond motifs is 1. The molecule has 88 valence electrons. The van der Waals surface area contributed by atoms with Gasteiger partial charge in [-0.15, -0.1) is 0 Å². The molecule has 2 heterocycles. The van der Waals surface area contributed by atoms with E-state index in [1.807, 2.05) is 0 Å². The van der Waals surface area contributed by atoms with Gasteiger partial charge in [-0.25, -0.2) is 4.98 Å².